The topological polar surface area (TPSA) is 0 Å². The first-order valence-electron chi connectivity index (χ1n) is 20.8. The lowest BCUT2D eigenvalue weighted by atomic mass is 9.85. The number of rotatable bonds is 5. The van der Waals surface area contributed by atoms with Crippen LogP contribution < -0.4 is 0 Å². The molecule has 12 aromatic carbocycles. The predicted molar refractivity (Wildman–Crippen MR) is 259 cm³/mol. The minimum atomic E-state index is 1.21. The van der Waals surface area contributed by atoms with Crippen molar-refractivity contribution >= 4 is 64.6 Å². The number of fused-ring (bicyclic) bond motifs is 6. The largest absolute Gasteiger partial charge is 0.0616 e. The molecule has 0 aromatic heterocycles. The normalized spacial score (nSPS) is 11.7. The fraction of sp³-hybridized carbons (Fsp3) is 0. The highest BCUT2D eigenvalue weighted by Gasteiger charge is 2.17. The average molecular weight is 759 g/mol. The van der Waals surface area contributed by atoms with Crippen LogP contribution in [0.15, 0.2) is 231 Å². The van der Waals surface area contributed by atoms with Gasteiger partial charge in [0.1, 0.15) is 0 Å². The first-order valence-corrected chi connectivity index (χ1v) is 20.8. The Morgan fingerprint density at radius 1 is 0.150 bits per heavy atom. The maximum Gasteiger partial charge on any atom is -0.00262 e. The molecule has 60 heavy (non-hydrogen) atoms. The van der Waals surface area contributed by atoms with Gasteiger partial charge >= 0.3 is 0 Å². The van der Waals surface area contributed by atoms with E-state index in [0.29, 0.717) is 0 Å². The van der Waals surface area contributed by atoms with Crippen molar-refractivity contribution in [2.75, 3.05) is 0 Å². The van der Waals surface area contributed by atoms with Crippen LogP contribution in [0.4, 0.5) is 0 Å². The Labute approximate surface area is 349 Å². The van der Waals surface area contributed by atoms with Crippen molar-refractivity contribution in [1.29, 1.82) is 0 Å². The molecular weight excluding hydrogens is 721 g/mol. The van der Waals surface area contributed by atoms with Gasteiger partial charge in [-0.1, -0.05) is 188 Å². The number of hydrogen-bond acceptors (Lipinski definition) is 0. The Morgan fingerprint density at radius 3 is 0.800 bits per heavy atom. The van der Waals surface area contributed by atoms with E-state index in [0.717, 1.165) is 0 Å². The Hall–Kier alpha value is -7.80. The van der Waals surface area contributed by atoms with Crippen LogP contribution in [0.5, 0.6) is 0 Å². The predicted octanol–water partition coefficient (Wildman–Crippen LogP) is 16.9. The summed E-state index contributed by atoms with van der Waals surface area (Å²) in [5.74, 6) is 0. The molecule has 0 radical (unpaired) electrons. The van der Waals surface area contributed by atoms with Crippen molar-refractivity contribution in [1.82, 2.24) is 0 Å². The summed E-state index contributed by atoms with van der Waals surface area (Å²) in [4.78, 5) is 0. The average Bonchev–Trinajstić information content (AvgIpc) is 3.32. The van der Waals surface area contributed by atoms with E-state index in [9.17, 15) is 0 Å². The summed E-state index contributed by atoms with van der Waals surface area (Å²) in [6.07, 6.45) is 0. The van der Waals surface area contributed by atoms with Gasteiger partial charge in [-0.2, -0.15) is 0 Å². The molecule has 12 aromatic rings. The number of benzene rings is 12. The highest BCUT2D eigenvalue weighted by atomic mass is 14.2. The van der Waals surface area contributed by atoms with Gasteiger partial charge in [0, 0.05) is 0 Å². The third-order valence-corrected chi connectivity index (χ3v) is 12.6. The maximum atomic E-state index is 2.38. The van der Waals surface area contributed by atoms with Crippen molar-refractivity contribution in [3.05, 3.63) is 231 Å². The molecule has 0 spiro atoms. The van der Waals surface area contributed by atoms with Crippen LogP contribution in [0.3, 0.4) is 0 Å². The van der Waals surface area contributed by atoms with Crippen molar-refractivity contribution in [2.24, 2.45) is 0 Å². The molecule has 0 aliphatic heterocycles. The summed E-state index contributed by atoms with van der Waals surface area (Å²) in [5, 5.41) is 15.1. The molecule has 0 bridgehead atoms. The van der Waals surface area contributed by atoms with Gasteiger partial charge in [-0.25, -0.2) is 0 Å². The van der Waals surface area contributed by atoms with E-state index in [2.05, 4.69) is 231 Å². The van der Waals surface area contributed by atoms with Gasteiger partial charge in [0.05, 0.1) is 0 Å². The molecule has 0 N–H and O–H groups in total. The third kappa shape index (κ3) is 5.84. The molecule has 0 heteroatoms. The Balaban J connectivity index is 0.932. The molecule has 0 atom stereocenters. The van der Waals surface area contributed by atoms with Crippen LogP contribution in [0, 0.1) is 0 Å². The molecule has 12 rings (SSSR count). The van der Waals surface area contributed by atoms with Crippen LogP contribution >= 0.6 is 0 Å². The summed E-state index contributed by atoms with van der Waals surface area (Å²) in [7, 11) is 0. The minimum absolute atomic E-state index is 1.21. The zero-order valence-corrected chi connectivity index (χ0v) is 32.9. The smallest absolute Gasteiger partial charge is 0.00262 e. The molecule has 0 fully saturated rings. The van der Waals surface area contributed by atoms with Gasteiger partial charge in [-0.3, -0.25) is 0 Å². The Kier molecular flexibility index (Phi) is 7.96. The van der Waals surface area contributed by atoms with Crippen LogP contribution in [0.1, 0.15) is 0 Å². The third-order valence-electron chi connectivity index (χ3n) is 12.6. The highest BCUT2D eigenvalue weighted by molar-refractivity contribution is 6.22. The first kappa shape index (κ1) is 34.3. The molecule has 0 nitrogen and oxygen atoms in total. The fourth-order valence-electron chi connectivity index (χ4n) is 9.53. The van der Waals surface area contributed by atoms with Crippen LogP contribution in [0.2, 0.25) is 0 Å². The van der Waals surface area contributed by atoms with E-state index in [1.807, 2.05) is 0 Å². The second-order valence-electron chi connectivity index (χ2n) is 16.1. The maximum absolute atomic E-state index is 2.38. The Morgan fingerprint density at radius 2 is 0.400 bits per heavy atom. The Bertz CT molecular complexity index is 3600. The lowest BCUT2D eigenvalue weighted by molar-refractivity contribution is 1.62. The van der Waals surface area contributed by atoms with E-state index in [1.54, 1.807) is 0 Å². The standard InChI is InChI=1S/C60H38/c1-3-12-41-32-45(22-20-39(41)10-1)48-27-26-47-34-44(24-25-50(47)35-48)43-14-9-15-53(37-43)59-55-16-5-7-18-57(55)60(58-19-8-6-17-56(58)59)54-31-30-51-36-49(28-29-52(51)38-54)46-23-21-40-11-2-4-13-42(40)33-46/h1-38H. The van der Waals surface area contributed by atoms with Crippen LogP contribution in [-0.2, 0) is 0 Å². The zero-order valence-electron chi connectivity index (χ0n) is 32.9. The second-order valence-corrected chi connectivity index (χ2v) is 16.1. The van der Waals surface area contributed by atoms with Gasteiger partial charge in [-0.05, 0) is 163 Å². The molecule has 0 unspecified atom stereocenters. The van der Waals surface area contributed by atoms with Crippen molar-refractivity contribution in [3.63, 3.8) is 0 Å². The molecule has 0 aliphatic rings. The quantitative estimate of drug-likeness (QED) is 0.153. The molecule has 278 valence electrons. The summed E-state index contributed by atoms with van der Waals surface area (Å²) in [6, 6.07) is 85.2. The van der Waals surface area contributed by atoms with E-state index in [-0.39, 0.29) is 0 Å². The second kappa shape index (κ2) is 13.9. The van der Waals surface area contributed by atoms with Gasteiger partial charge in [-0.15, -0.1) is 0 Å². The highest BCUT2D eigenvalue weighted by Crippen LogP contribution is 2.45. The first-order chi connectivity index (χ1) is 29.7. The van der Waals surface area contributed by atoms with Crippen LogP contribution in [-0.4, -0.2) is 0 Å². The van der Waals surface area contributed by atoms with Crippen molar-refractivity contribution in [3.8, 4) is 55.6 Å². The van der Waals surface area contributed by atoms with E-state index >= 15 is 0 Å². The molecular formula is C60H38. The van der Waals surface area contributed by atoms with E-state index in [4.69, 9.17) is 0 Å². The molecule has 0 heterocycles. The fourth-order valence-corrected chi connectivity index (χ4v) is 9.53. The molecule has 0 saturated carbocycles. The summed E-state index contributed by atoms with van der Waals surface area (Å²) < 4.78 is 0. The van der Waals surface area contributed by atoms with Crippen molar-refractivity contribution in [2.45, 2.75) is 0 Å². The zero-order chi connectivity index (χ0) is 39.6. The lowest BCUT2D eigenvalue weighted by Gasteiger charge is -2.18. The summed E-state index contributed by atoms with van der Waals surface area (Å²) in [5.41, 5.74) is 12.4. The van der Waals surface area contributed by atoms with Crippen molar-refractivity contribution < 1.29 is 0 Å². The molecule has 0 saturated heterocycles. The van der Waals surface area contributed by atoms with Crippen LogP contribution in [0.25, 0.3) is 120 Å². The van der Waals surface area contributed by atoms with Gasteiger partial charge < -0.3 is 0 Å². The summed E-state index contributed by atoms with van der Waals surface area (Å²) in [6.45, 7) is 0. The van der Waals surface area contributed by atoms with Gasteiger partial charge in [0.2, 0.25) is 0 Å². The lowest BCUT2D eigenvalue weighted by Crippen LogP contribution is -1.91. The van der Waals surface area contributed by atoms with E-state index in [1.165, 1.54) is 120 Å². The van der Waals surface area contributed by atoms with E-state index < -0.39 is 0 Å². The van der Waals surface area contributed by atoms with Gasteiger partial charge in [0.25, 0.3) is 0 Å². The number of hydrogen-bond donors (Lipinski definition) is 0. The SMILES string of the molecule is c1cc(-c2ccc3cc(-c4ccc5ccccc5c4)ccc3c2)cc(-c2c3ccccc3c(-c3ccc4cc(-c5ccc6ccccc6c5)ccc4c3)c3ccccc23)c1. The van der Waals surface area contributed by atoms with Gasteiger partial charge in [0.15, 0.2) is 0 Å². The summed E-state index contributed by atoms with van der Waals surface area (Å²) >= 11 is 0. The monoisotopic (exact) mass is 758 g/mol. The molecule has 0 amide bonds. The minimum Gasteiger partial charge on any atom is -0.0616 e. The molecule has 0 aliphatic carbocycles.